The predicted molar refractivity (Wildman–Crippen MR) is 92.5 cm³/mol. The zero-order chi connectivity index (χ0) is 18.3. The van der Waals surface area contributed by atoms with Crippen molar-refractivity contribution in [1.29, 1.82) is 0 Å². The molecule has 0 N–H and O–H groups in total. The maximum atomic E-state index is 12.3. The number of benzene rings is 1. The second kappa shape index (κ2) is 6.33. The first-order valence-electron chi connectivity index (χ1n) is 8.51. The second-order valence-corrected chi connectivity index (χ2v) is 6.65. The van der Waals surface area contributed by atoms with Gasteiger partial charge in [-0.1, -0.05) is 43.3 Å². The van der Waals surface area contributed by atoms with Crippen LogP contribution in [-0.4, -0.2) is 21.3 Å². The topological polar surface area (TPSA) is 94.4 Å². The second-order valence-electron chi connectivity index (χ2n) is 6.65. The van der Waals surface area contributed by atoms with Crippen LogP contribution in [0.25, 0.3) is 17.5 Å². The van der Waals surface area contributed by atoms with Gasteiger partial charge in [-0.15, -0.1) is 10.2 Å². The summed E-state index contributed by atoms with van der Waals surface area (Å²) in [6.07, 6.45) is 2.21. The molecular formula is C19H18N4O3. The summed E-state index contributed by atoms with van der Waals surface area (Å²) in [5.41, 5.74) is 1.43. The number of hydrogen-bond donors (Lipinski definition) is 0. The van der Waals surface area contributed by atoms with E-state index >= 15 is 0 Å². The summed E-state index contributed by atoms with van der Waals surface area (Å²) in [6, 6.07) is 7.55. The summed E-state index contributed by atoms with van der Waals surface area (Å²) in [5, 5.41) is 13.9. The van der Waals surface area contributed by atoms with Gasteiger partial charge in [0.15, 0.2) is 5.76 Å². The Hall–Kier alpha value is -3.09. The minimum Gasteiger partial charge on any atom is -0.420 e. The first-order valence-corrected chi connectivity index (χ1v) is 8.51. The molecule has 4 rings (SSSR count). The minimum absolute atomic E-state index is 0.144. The zero-order valence-electron chi connectivity index (χ0n) is 14.8. The average molecular weight is 350 g/mol. The first kappa shape index (κ1) is 16.4. The van der Waals surface area contributed by atoms with Gasteiger partial charge in [-0.05, 0) is 18.2 Å². The summed E-state index contributed by atoms with van der Waals surface area (Å²) in [7, 11) is 0. The number of rotatable bonds is 4. The van der Waals surface area contributed by atoms with Gasteiger partial charge in [0.2, 0.25) is 5.89 Å². The molecule has 3 heterocycles. The fraction of sp³-hybridized carbons (Fsp3) is 0.316. The van der Waals surface area contributed by atoms with Gasteiger partial charge in [0, 0.05) is 12.3 Å². The molecule has 1 aromatic carbocycles. The van der Waals surface area contributed by atoms with Crippen molar-refractivity contribution in [3.8, 4) is 11.5 Å². The van der Waals surface area contributed by atoms with Crippen molar-refractivity contribution in [3.63, 3.8) is 0 Å². The van der Waals surface area contributed by atoms with E-state index in [0.717, 1.165) is 10.8 Å². The lowest BCUT2D eigenvalue weighted by atomic mass is 10.0. The lowest BCUT2D eigenvalue weighted by molar-refractivity contribution is -0.120. The smallest absolute Gasteiger partial charge is 0.253 e. The van der Waals surface area contributed by atoms with Crippen molar-refractivity contribution in [1.82, 2.24) is 15.4 Å². The van der Waals surface area contributed by atoms with Crippen LogP contribution in [0.5, 0.6) is 0 Å². The van der Waals surface area contributed by atoms with Crippen molar-refractivity contribution >= 4 is 12.0 Å². The highest BCUT2D eigenvalue weighted by molar-refractivity contribution is 5.86. The van der Waals surface area contributed by atoms with Gasteiger partial charge in [-0.25, -0.2) is 4.99 Å². The fourth-order valence-corrected chi connectivity index (χ4v) is 3.03. The Morgan fingerprint density at radius 3 is 2.81 bits per heavy atom. The molecule has 0 aliphatic carbocycles. The fourth-order valence-electron chi connectivity index (χ4n) is 3.03. The van der Waals surface area contributed by atoms with E-state index in [2.05, 4.69) is 20.3 Å². The number of carbonyl (C=O) groups is 1. The molecule has 2 aromatic heterocycles. The van der Waals surface area contributed by atoms with Crippen molar-refractivity contribution in [3.05, 3.63) is 52.2 Å². The quantitative estimate of drug-likeness (QED) is 0.714. The lowest BCUT2D eigenvalue weighted by Crippen LogP contribution is -2.34. The van der Waals surface area contributed by atoms with Crippen molar-refractivity contribution in [2.75, 3.05) is 0 Å². The molecule has 3 aromatic rings. The molecule has 1 amide bonds. The van der Waals surface area contributed by atoms with Crippen LogP contribution < -0.4 is 10.6 Å². The molecule has 1 aliphatic rings. The number of para-hydroxylation sites is 1. The van der Waals surface area contributed by atoms with Gasteiger partial charge in [-0.3, -0.25) is 4.79 Å². The van der Waals surface area contributed by atoms with Crippen LogP contribution in [0.4, 0.5) is 0 Å². The standard InChI is InChI=1S/C19H18N4O3/c1-10(2)17-16(11(3)23-26-17)19-22-21-15(25-19)9-13-8-12-6-4-5-7-14(12)20-18(13)24/h4-8,10,13H,9H2,1-3H3. The minimum atomic E-state index is -0.411. The van der Waals surface area contributed by atoms with E-state index in [1.54, 1.807) is 0 Å². The third-order valence-electron chi connectivity index (χ3n) is 4.35. The Bertz CT molecular complexity index is 1090. The average Bonchev–Trinajstić information content (AvgIpc) is 3.21. The molecule has 1 unspecified atom stereocenters. The molecule has 1 aliphatic heterocycles. The van der Waals surface area contributed by atoms with E-state index in [0.29, 0.717) is 35.0 Å². The molecule has 0 saturated heterocycles. The molecule has 7 nitrogen and oxygen atoms in total. The van der Waals surface area contributed by atoms with E-state index in [4.69, 9.17) is 8.94 Å². The molecule has 26 heavy (non-hydrogen) atoms. The SMILES string of the molecule is Cc1noc(C(C)C)c1-c1nnc(CC2C=c3ccccc3=NC2=O)o1. The Kier molecular flexibility index (Phi) is 3.99. The van der Waals surface area contributed by atoms with Gasteiger partial charge >= 0.3 is 0 Å². The number of aromatic nitrogens is 3. The van der Waals surface area contributed by atoms with Crippen molar-refractivity contribution < 1.29 is 13.7 Å². The lowest BCUT2D eigenvalue weighted by Gasteiger charge is -2.09. The maximum Gasteiger partial charge on any atom is 0.253 e. The van der Waals surface area contributed by atoms with Crippen molar-refractivity contribution in [2.45, 2.75) is 33.1 Å². The number of aryl methyl sites for hydroxylation is 1. The van der Waals surface area contributed by atoms with E-state index in [1.807, 2.05) is 51.1 Å². The van der Waals surface area contributed by atoms with Crippen LogP contribution in [0.3, 0.4) is 0 Å². The molecule has 1 atom stereocenters. The summed E-state index contributed by atoms with van der Waals surface area (Å²) in [4.78, 5) is 16.4. The monoisotopic (exact) mass is 350 g/mol. The number of hydrogen-bond acceptors (Lipinski definition) is 6. The van der Waals surface area contributed by atoms with Crippen LogP contribution >= 0.6 is 0 Å². The van der Waals surface area contributed by atoms with Crippen molar-refractivity contribution in [2.24, 2.45) is 10.9 Å². The van der Waals surface area contributed by atoms with Crippen LogP contribution in [0.15, 0.2) is 38.2 Å². The molecule has 0 spiro atoms. The molecular weight excluding hydrogens is 332 g/mol. The van der Waals surface area contributed by atoms with Crippen LogP contribution in [0, 0.1) is 12.8 Å². The first-order chi connectivity index (χ1) is 12.5. The molecule has 0 fully saturated rings. The summed E-state index contributed by atoms with van der Waals surface area (Å²) < 4.78 is 11.2. The Morgan fingerprint density at radius 2 is 2.00 bits per heavy atom. The van der Waals surface area contributed by atoms with Gasteiger partial charge < -0.3 is 8.94 Å². The van der Waals surface area contributed by atoms with Gasteiger partial charge in [0.1, 0.15) is 5.56 Å². The maximum absolute atomic E-state index is 12.3. The highest BCUT2D eigenvalue weighted by Gasteiger charge is 2.25. The molecule has 132 valence electrons. The van der Waals surface area contributed by atoms with E-state index in [9.17, 15) is 4.79 Å². The largest absolute Gasteiger partial charge is 0.420 e. The summed E-state index contributed by atoms with van der Waals surface area (Å²) in [6.45, 7) is 5.85. The van der Waals surface area contributed by atoms with Gasteiger partial charge in [0.05, 0.1) is 17.0 Å². The van der Waals surface area contributed by atoms with E-state index in [-0.39, 0.29) is 11.8 Å². The summed E-state index contributed by atoms with van der Waals surface area (Å²) in [5.74, 6) is 0.994. The molecule has 0 radical (unpaired) electrons. The van der Waals surface area contributed by atoms with E-state index in [1.165, 1.54) is 0 Å². The summed E-state index contributed by atoms with van der Waals surface area (Å²) >= 11 is 0. The third kappa shape index (κ3) is 2.85. The Balaban J connectivity index is 1.63. The predicted octanol–water partition coefficient (Wildman–Crippen LogP) is 1.96. The normalized spacial score (nSPS) is 16.3. The van der Waals surface area contributed by atoms with Crippen LogP contribution in [0.1, 0.15) is 37.1 Å². The number of amides is 1. The number of fused-ring (bicyclic) bond motifs is 1. The highest BCUT2D eigenvalue weighted by Crippen LogP contribution is 2.31. The van der Waals surface area contributed by atoms with E-state index < -0.39 is 5.92 Å². The highest BCUT2D eigenvalue weighted by atomic mass is 16.5. The van der Waals surface area contributed by atoms with Gasteiger partial charge in [0.25, 0.3) is 11.8 Å². The Morgan fingerprint density at radius 1 is 1.19 bits per heavy atom. The molecule has 0 bridgehead atoms. The Labute approximate surface area is 149 Å². The van der Waals surface area contributed by atoms with Crippen LogP contribution in [0.2, 0.25) is 0 Å². The molecule has 0 saturated carbocycles. The third-order valence-corrected chi connectivity index (χ3v) is 4.35. The van der Waals surface area contributed by atoms with Gasteiger partial charge in [-0.2, -0.15) is 0 Å². The zero-order valence-corrected chi connectivity index (χ0v) is 14.8. The number of carbonyl (C=O) groups excluding carboxylic acids is 1. The molecule has 7 heteroatoms. The number of nitrogens with zero attached hydrogens (tertiary/aromatic N) is 4. The van der Waals surface area contributed by atoms with Crippen LogP contribution in [-0.2, 0) is 11.2 Å².